The van der Waals surface area contributed by atoms with Crippen LogP contribution in [0.2, 0.25) is 0 Å². The number of ether oxygens (including phenoxy) is 1. The molecule has 4 N–H and O–H groups in total. The summed E-state index contributed by atoms with van der Waals surface area (Å²) in [4.78, 5) is 52.4. The van der Waals surface area contributed by atoms with Crippen LogP contribution in [-0.4, -0.2) is 54.9 Å². The van der Waals surface area contributed by atoms with Crippen LogP contribution in [0.4, 0.5) is 5.69 Å². The lowest BCUT2D eigenvalue weighted by Crippen LogP contribution is -2.43. The molecule has 0 saturated heterocycles. The number of hydrogen-bond donors (Lipinski definition) is 3. The summed E-state index contributed by atoms with van der Waals surface area (Å²) < 4.78 is 4.85. The van der Waals surface area contributed by atoms with E-state index >= 15 is 0 Å². The first-order chi connectivity index (χ1) is 15.1. The Balaban J connectivity index is 1.90. The second-order valence-corrected chi connectivity index (χ2v) is 8.63. The Bertz CT molecular complexity index is 1150. The molecule has 0 aromatic heterocycles. The van der Waals surface area contributed by atoms with Crippen LogP contribution in [0.1, 0.15) is 39.1 Å². The molecule has 0 saturated carbocycles. The summed E-state index contributed by atoms with van der Waals surface area (Å²) in [6, 6.07) is 3.26. The maximum atomic E-state index is 13.6. The third-order valence-corrected chi connectivity index (χ3v) is 6.65. The minimum absolute atomic E-state index is 0.00626. The largest absolute Gasteiger partial charge is 0.511 e. The Kier molecular flexibility index (Phi) is 5.07. The standard InChI is InChI=1S/C23H24N2O7/c1-25(2)13-5-4-11(23(31)32-3)17-12(13)7-9-6-10-8-14(26)18(22(24)30)21(29)16(10)19(27)15(9)20(17)28/h4-5,9-10,16,26-27H,6-8H2,1-3H3,(H2,24,30). The lowest BCUT2D eigenvalue weighted by Gasteiger charge is -2.41. The highest BCUT2D eigenvalue weighted by Gasteiger charge is 2.50. The van der Waals surface area contributed by atoms with Gasteiger partial charge in [-0.15, -0.1) is 0 Å². The van der Waals surface area contributed by atoms with Gasteiger partial charge in [0.15, 0.2) is 11.6 Å². The van der Waals surface area contributed by atoms with E-state index in [0.717, 1.165) is 5.69 Å². The third kappa shape index (κ3) is 2.99. The molecule has 0 bridgehead atoms. The second-order valence-electron chi connectivity index (χ2n) is 8.63. The summed E-state index contributed by atoms with van der Waals surface area (Å²) in [6.07, 6.45) is 0.724. The number of nitrogens with zero attached hydrogens (tertiary/aromatic N) is 1. The van der Waals surface area contributed by atoms with Gasteiger partial charge in [-0.05, 0) is 42.4 Å². The average molecular weight is 440 g/mol. The van der Waals surface area contributed by atoms with Crippen molar-refractivity contribution >= 4 is 29.1 Å². The molecule has 1 aromatic rings. The number of esters is 1. The Morgan fingerprint density at radius 1 is 1.16 bits per heavy atom. The van der Waals surface area contributed by atoms with E-state index in [1.54, 1.807) is 6.07 Å². The lowest BCUT2D eigenvalue weighted by atomic mass is 9.62. The molecule has 0 aliphatic heterocycles. The number of aliphatic hydroxyl groups excluding tert-OH is 2. The first kappa shape index (κ1) is 21.6. The topological polar surface area (TPSA) is 147 Å². The molecule has 9 nitrogen and oxygen atoms in total. The van der Waals surface area contributed by atoms with Gasteiger partial charge >= 0.3 is 5.97 Å². The van der Waals surface area contributed by atoms with Crippen molar-refractivity contribution in [2.75, 3.05) is 26.1 Å². The Morgan fingerprint density at radius 2 is 1.84 bits per heavy atom. The van der Waals surface area contributed by atoms with Gasteiger partial charge in [0.05, 0.1) is 18.6 Å². The number of allylic oxidation sites excluding steroid dienone is 3. The molecule has 0 fully saturated rings. The first-order valence-corrected chi connectivity index (χ1v) is 10.2. The number of carbonyl (C=O) groups is 4. The van der Waals surface area contributed by atoms with E-state index in [9.17, 15) is 29.4 Å². The van der Waals surface area contributed by atoms with Crippen molar-refractivity contribution in [3.05, 3.63) is 51.5 Å². The zero-order chi connectivity index (χ0) is 23.5. The van der Waals surface area contributed by atoms with Gasteiger partial charge in [-0.2, -0.15) is 0 Å². The summed E-state index contributed by atoms with van der Waals surface area (Å²) in [5, 5.41) is 21.3. The quantitative estimate of drug-likeness (QED) is 0.474. The number of ketones is 2. The molecule has 1 amide bonds. The smallest absolute Gasteiger partial charge is 0.338 e. The van der Waals surface area contributed by atoms with Crippen molar-refractivity contribution in [2.45, 2.75) is 19.3 Å². The Hall–Kier alpha value is -3.62. The van der Waals surface area contributed by atoms with E-state index in [4.69, 9.17) is 10.5 Å². The van der Waals surface area contributed by atoms with Crippen molar-refractivity contribution in [1.29, 1.82) is 0 Å². The molecule has 0 spiro atoms. The van der Waals surface area contributed by atoms with Crippen LogP contribution in [0.15, 0.2) is 34.8 Å². The normalized spacial score (nSPS) is 24.5. The summed E-state index contributed by atoms with van der Waals surface area (Å²) >= 11 is 0. The number of amides is 1. The van der Waals surface area contributed by atoms with Gasteiger partial charge in [-0.1, -0.05) is 0 Å². The number of nitrogens with two attached hydrogens (primary N) is 1. The van der Waals surface area contributed by atoms with Crippen molar-refractivity contribution < 1.29 is 34.1 Å². The maximum Gasteiger partial charge on any atom is 0.338 e. The minimum Gasteiger partial charge on any atom is -0.511 e. The van der Waals surface area contributed by atoms with Crippen LogP contribution >= 0.6 is 0 Å². The van der Waals surface area contributed by atoms with Gasteiger partial charge in [0, 0.05) is 37.3 Å². The second kappa shape index (κ2) is 7.51. The molecule has 3 unspecified atom stereocenters. The highest BCUT2D eigenvalue weighted by atomic mass is 16.5. The highest BCUT2D eigenvalue weighted by Crippen LogP contribution is 2.49. The monoisotopic (exact) mass is 440 g/mol. The van der Waals surface area contributed by atoms with Crippen LogP contribution < -0.4 is 10.6 Å². The number of carbonyl (C=O) groups excluding carboxylic acids is 4. The molecule has 168 valence electrons. The van der Waals surface area contributed by atoms with Gasteiger partial charge in [-0.25, -0.2) is 4.79 Å². The number of anilines is 1. The number of methoxy groups -OCH3 is 1. The van der Waals surface area contributed by atoms with E-state index in [0.29, 0.717) is 18.4 Å². The predicted molar refractivity (Wildman–Crippen MR) is 113 cm³/mol. The van der Waals surface area contributed by atoms with Gasteiger partial charge in [-0.3, -0.25) is 14.4 Å². The Labute approximate surface area is 184 Å². The number of hydrogen-bond acceptors (Lipinski definition) is 8. The van der Waals surface area contributed by atoms with Gasteiger partial charge in [0.1, 0.15) is 17.1 Å². The molecular formula is C23H24N2O7. The van der Waals surface area contributed by atoms with E-state index in [-0.39, 0.29) is 28.9 Å². The van der Waals surface area contributed by atoms with Gasteiger partial charge in [0.25, 0.3) is 5.91 Å². The summed E-state index contributed by atoms with van der Waals surface area (Å²) in [5.74, 6) is -5.89. The highest BCUT2D eigenvalue weighted by molar-refractivity contribution is 6.22. The minimum atomic E-state index is -1.14. The van der Waals surface area contributed by atoms with E-state index in [1.807, 2.05) is 19.0 Å². The fourth-order valence-corrected chi connectivity index (χ4v) is 5.34. The summed E-state index contributed by atoms with van der Waals surface area (Å²) in [5.41, 5.74) is 6.45. The molecule has 4 rings (SSSR count). The molecular weight excluding hydrogens is 416 g/mol. The van der Waals surface area contributed by atoms with Gasteiger partial charge in [0.2, 0.25) is 0 Å². The van der Waals surface area contributed by atoms with Gasteiger partial charge < -0.3 is 25.6 Å². The van der Waals surface area contributed by atoms with E-state index < -0.39 is 52.5 Å². The molecule has 1 aromatic carbocycles. The first-order valence-electron chi connectivity index (χ1n) is 10.2. The Morgan fingerprint density at radius 3 is 2.44 bits per heavy atom. The van der Waals surface area contributed by atoms with Crippen LogP contribution in [0.25, 0.3) is 0 Å². The lowest BCUT2D eigenvalue weighted by molar-refractivity contribution is -0.126. The predicted octanol–water partition coefficient (Wildman–Crippen LogP) is 1.61. The van der Waals surface area contributed by atoms with Crippen LogP contribution in [0.3, 0.4) is 0 Å². The number of primary amides is 1. The van der Waals surface area contributed by atoms with E-state index in [2.05, 4.69) is 0 Å². The maximum absolute atomic E-state index is 13.6. The SMILES string of the molecule is COC(=O)c1ccc(N(C)C)c2c1C(=O)C1=C(O)C3C(=O)C(C(N)=O)=C(O)CC3CC1C2. The zero-order valence-corrected chi connectivity index (χ0v) is 18.0. The van der Waals surface area contributed by atoms with Crippen molar-refractivity contribution in [2.24, 2.45) is 23.5 Å². The van der Waals surface area contributed by atoms with Crippen molar-refractivity contribution in [3.63, 3.8) is 0 Å². The zero-order valence-electron chi connectivity index (χ0n) is 18.0. The fraction of sp³-hybridized carbons (Fsp3) is 0.391. The molecule has 0 radical (unpaired) electrons. The number of benzene rings is 1. The molecule has 3 aliphatic carbocycles. The number of Topliss-reactive ketones (excluding diaryl/α,β-unsaturated/α-hetero) is 2. The summed E-state index contributed by atoms with van der Waals surface area (Å²) in [6.45, 7) is 0. The average Bonchev–Trinajstić information content (AvgIpc) is 2.71. The van der Waals surface area contributed by atoms with Crippen molar-refractivity contribution in [3.8, 4) is 0 Å². The molecule has 32 heavy (non-hydrogen) atoms. The fourth-order valence-electron chi connectivity index (χ4n) is 5.34. The van der Waals surface area contributed by atoms with Crippen LogP contribution in [0, 0.1) is 17.8 Å². The number of rotatable bonds is 3. The molecule has 3 atom stereocenters. The van der Waals surface area contributed by atoms with Crippen molar-refractivity contribution in [1.82, 2.24) is 0 Å². The van der Waals surface area contributed by atoms with Crippen LogP contribution in [0.5, 0.6) is 0 Å². The summed E-state index contributed by atoms with van der Waals surface area (Å²) in [7, 11) is 4.87. The van der Waals surface area contributed by atoms with Crippen LogP contribution in [-0.2, 0) is 20.7 Å². The number of fused-ring (bicyclic) bond motifs is 3. The van der Waals surface area contributed by atoms with E-state index in [1.165, 1.54) is 13.2 Å². The third-order valence-electron chi connectivity index (χ3n) is 6.65. The molecule has 3 aliphatic rings. The number of aliphatic hydroxyl groups is 2. The molecule has 9 heteroatoms. The molecule has 0 heterocycles.